The number of likely N-dealkylation sites (tertiary alicyclic amines) is 1. The van der Waals surface area contributed by atoms with Crippen molar-refractivity contribution in [3.05, 3.63) is 90.1 Å². The van der Waals surface area contributed by atoms with E-state index in [-0.39, 0.29) is 35.6 Å². The van der Waals surface area contributed by atoms with Crippen molar-refractivity contribution in [1.82, 2.24) is 15.2 Å². The lowest BCUT2D eigenvalue weighted by molar-refractivity contribution is 0.0932. The first kappa shape index (κ1) is 43.3. The molecular formula is C44H63N7O8S. The third-order valence-corrected chi connectivity index (χ3v) is 10.8. The monoisotopic (exact) mass is 849 g/mol. The number of hydrogen-bond donors (Lipinski definition) is 5. The van der Waals surface area contributed by atoms with Crippen molar-refractivity contribution in [1.29, 1.82) is 0 Å². The number of urea groups is 1. The molecule has 0 saturated carbocycles. The minimum absolute atomic E-state index is 0. The molecule has 5 aromatic rings. The Labute approximate surface area is 358 Å². The van der Waals surface area contributed by atoms with E-state index in [9.17, 15) is 18.0 Å². The maximum atomic E-state index is 13.5. The first-order valence-electron chi connectivity index (χ1n) is 19.5. The number of nitrogens with one attached hydrogen (secondary N) is 5. The van der Waals surface area contributed by atoms with Gasteiger partial charge in [0, 0.05) is 54.5 Å². The first-order chi connectivity index (χ1) is 28.5. The minimum atomic E-state index is -3.65. The Hall–Kier alpha value is -6.26. The smallest absolute Gasteiger partial charge is 0.323 e. The van der Waals surface area contributed by atoms with Crippen LogP contribution in [0.25, 0.3) is 10.8 Å². The second kappa shape index (κ2) is 18.3. The zero-order valence-electron chi connectivity index (χ0n) is 35.2. The zero-order valence-corrected chi connectivity index (χ0v) is 36.0. The van der Waals surface area contributed by atoms with E-state index in [1.54, 1.807) is 54.7 Å². The van der Waals surface area contributed by atoms with Gasteiger partial charge in [-0.25, -0.2) is 18.2 Å². The molecule has 2 heterocycles. The Bertz CT molecular complexity index is 2480. The molecule has 0 bridgehead atoms. The van der Waals surface area contributed by atoms with Gasteiger partial charge in [0.1, 0.15) is 34.4 Å². The van der Waals surface area contributed by atoms with Gasteiger partial charge >= 0.3 is 6.03 Å². The van der Waals surface area contributed by atoms with Gasteiger partial charge in [-0.15, -0.1) is 0 Å². The van der Waals surface area contributed by atoms with Crippen LogP contribution in [0, 0.1) is 5.92 Å². The quantitative estimate of drug-likeness (QED) is 0.0718. The number of anilines is 5. The fourth-order valence-corrected chi connectivity index (χ4v) is 7.56. The third kappa shape index (κ3) is 10.7. The Balaban J connectivity index is 0.00000422. The third-order valence-electron chi connectivity index (χ3n) is 10.2. The summed E-state index contributed by atoms with van der Waals surface area (Å²) in [6.45, 7) is 8.55. The van der Waals surface area contributed by atoms with Gasteiger partial charge in [-0.3, -0.25) is 9.52 Å². The van der Waals surface area contributed by atoms with E-state index >= 15 is 0 Å². The highest BCUT2D eigenvalue weighted by molar-refractivity contribution is 7.92. The number of sulfonamides is 1. The van der Waals surface area contributed by atoms with Crippen LogP contribution in [0.3, 0.4) is 0 Å². The van der Waals surface area contributed by atoms with E-state index in [0.717, 1.165) is 43.1 Å². The number of amides is 3. The van der Waals surface area contributed by atoms with Crippen LogP contribution in [0.5, 0.6) is 28.7 Å². The van der Waals surface area contributed by atoms with E-state index in [0.29, 0.717) is 63.6 Å². The molecule has 5 N–H and O–H groups in total. The van der Waals surface area contributed by atoms with Gasteiger partial charge in [-0.2, -0.15) is 0 Å². The fourth-order valence-electron chi connectivity index (χ4n) is 7.01. The van der Waals surface area contributed by atoms with Crippen molar-refractivity contribution in [2.24, 2.45) is 5.92 Å². The van der Waals surface area contributed by atoms with Gasteiger partial charge < -0.3 is 45.1 Å². The number of pyridine rings is 1. The summed E-state index contributed by atoms with van der Waals surface area (Å²) in [5.74, 6) is 2.51. The number of methoxy groups -OCH3 is 3. The largest absolute Gasteiger partial charge is 0.496 e. The maximum absolute atomic E-state index is 13.5. The fraction of sp³-hybridized carbons (Fsp3) is 0.341. The highest BCUT2D eigenvalue weighted by atomic mass is 32.2. The normalized spacial score (nSPS) is 13.6. The summed E-state index contributed by atoms with van der Waals surface area (Å²) in [7, 11) is 2.89. The van der Waals surface area contributed by atoms with Crippen LogP contribution >= 0.6 is 0 Å². The molecule has 1 aliphatic heterocycles. The molecule has 0 aliphatic carbocycles. The van der Waals surface area contributed by atoms with Crippen LogP contribution in [0.4, 0.5) is 33.4 Å². The summed E-state index contributed by atoms with van der Waals surface area (Å²) in [5.41, 5.74) is 2.32. The van der Waals surface area contributed by atoms with Crippen molar-refractivity contribution >= 4 is 61.3 Å². The van der Waals surface area contributed by atoms with Crippen molar-refractivity contribution < 1.29 is 44.1 Å². The molecular weight excluding hydrogens is 787 g/mol. The van der Waals surface area contributed by atoms with E-state index in [1.165, 1.54) is 21.3 Å². The van der Waals surface area contributed by atoms with E-state index in [4.69, 9.17) is 18.9 Å². The topological polar surface area (TPSA) is 181 Å². The number of ether oxygens (including phenoxy) is 4. The van der Waals surface area contributed by atoms with Gasteiger partial charge in [0.25, 0.3) is 5.91 Å². The summed E-state index contributed by atoms with van der Waals surface area (Å²) in [5, 5.41) is 13.6. The molecule has 0 atom stereocenters. The van der Waals surface area contributed by atoms with Crippen LogP contribution in [0.2, 0.25) is 0 Å². The highest BCUT2D eigenvalue weighted by Crippen LogP contribution is 2.40. The highest BCUT2D eigenvalue weighted by Gasteiger charge is 2.25. The molecule has 0 unspecified atom stereocenters. The van der Waals surface area contributed by atoms with Crippen LogP contribution in [-0.2, 0) is 15.4 Å². The number of rotatable bonds is 14. The van der Waals surface area contributed by atoms with Crippen molar-refractivity contribution in [2.75, 3.05) is 74.9 Å². The number of nitrogens with zero attached hydrogens (tertiary/aromatic N) is 2. The lowest BCUT2D eigenvalue weighted by atomic mass is 9.86. The van der Waals surface area contributed by atoms with Gasteiger partial charge in [0.05, 0.1) is 44.6 Å². The summed E-state index contributed by atoms with van der Waals surface area (Å²) in [6.07, 6.45) is 4.72. The average molecular weight is 850 g/mol. The van der Waals surface area contributed by atoms with Crippen molar-refractivity contribution in [2.45, 2.75) is 39.0 Å². The summed E-state index contributed by atoms with van der Waals surface area (Å²) in [4.78, 5) is 33.7. The van der Waals surface area contributed by atoms with Crippen molar-refractivity contribution in [3.8, 4) is 28.7 Å². The number of carbonyl (C=O) groups is 2. The second-order valence-electron chi connectivity index (χ2n) is 15.8. The van der Waals surface area contributed by atoms with E-state index in [1.807, 2.05) is 45.0 Å². The number of aromatic nitrogens is 1. The number of piperidine rings is 1. The van der Waals surface area contributed by atoms with E-state index in [2.05, 4.69) is 42.9 Å². The van der Waals surface area contributed by atoms with Crippen LogP contribution in [0.15, 0.2) is 79.0 Å². The number of benzene rings is 4. The molecule has 1 fully saturated rings. The molecule has 0 spiro atoms. The number of hydrogen-bond acceptors (Lipinski definition) is 11. The van der Waals surface area contributed by atoms with Gasteiger partial charge in [0.2, 0.25) is 10.0 Å². The van der Waals surface area contributed by atoms with E-state index < -0.39 is 16.1 Å². The Morgan fingerprint density at radius 1 is 0.833 bits per heavy atom. The zero-order chi connectivity index (χ0) is 43.2. The lowest BCUT2D eigenvalue weighted by Crippen LogP contribution is -2.37. The molecule has 60 heavy (non-hydrogen) atoms. The SMILES string of the molecule is COc1cc(Nc2cc(Oc3ccc(NC(=O)Nc4cc(C(C)(C)C)cc(NS(C)(=O)=O)c4OC)c4ccccc34)ccn2)cc(OC)c1C(=O)NCC1CCN(C)CC1.[HH].[HH].[HH].[HH].[HH]. The second-order valence-corrected chi connectivity index (χ2v) is 17.5. The molecule has 328 valence electrons. The minimum Gasteiger partial charge on any atom is -0.496 e. The van der Waals surface area contributed by atoms with Gasteiger partial charge in [-0.05, 0) is 80.2 Å². The first-order valence-corrected chi connectivity index (χ1v) is 21.4. The van der Waals surface area contributed by atoms with Gasteiger partial charge in [0.15, 0.2) is 5.75 Å². The van der Waals surface area contributed by atoms with Gasteiger partial charge in [-0.1, -0.05) is 45.0 Å². The average Bonchev–Trinajstić information content (AvgIpc) is 3.20. The maximum Gasteiger partial charge on any atom is 0.323 e. The molecule has 6 rings (SSSR count). The van der Waals surface area contributed by atoms with Crippen molar-refractivity contribution in [3.63, 3.8) is 0 Å². The summed E-state index contributed by atoms with van der Waals surface area (Å²) in [6, 6.07) is 20.8. The molecule has 15 nitrogen and oxygen atoms in total. The Morgan fingerprint density at radius 3 is 2.12 bits per heavy atom. The molecule has 16 heteroatoms. The van der Waals surface area contributed by atoms with Crippen LogP contribution in [-0.4, -0.2) is 84.5 Å². The number of fused-ring (bicyclic) bond motifs is 1. The van der Waals surface area contributed by atoms with Crippen LogP contribution < -0.4 is 44.9 Å². The molecule has 0 radical (unpaired) electrons. The molecule has 4 aromatic carbocycles. The molecule has 1 aliphatic rings. The Morgan fingerprint density at radius 2 is 1.48 bits per heavy atom. The lowest BCUT2D eigenvalue weighted by Gasteiger charge is -2.29. The Kier molecular flexibility index (Phi) is 13.2. The molecule has 1 aromatic heterocycles. The predicted octanol–water partition coefficient (Wildman–Crippen LogP) is 9.41. The molecule has 1 saturated heterocycles. The summed E-state index contributed by atoms with van der Waals surface area (Å²) < 4.78 is 50.2. The molecule has 3 amide bonds. The van der Waals surface area contributed by atoms with Crippen LogP contribution in [0.1, 0.15) is 56.7 Å². The standard InChI is InChI=1S/C44H53N7O8S.5H2/c1-44(2,3)28-21-34(41(58-7)35(22-28)50-60(8,54)55)49-43(53)48-33-13-14-36(32-12-10-9-11-31(32)33)59-30-15-18-45-39(25-30)47-29-23-37(56-5)40(38(24-29)57-6)42(52)46-26-27-16-19-51(4)20-17-27;;;;;/h9-15,18,21-25,27,50H,16-17,19-20,26H2,1-8H3,(H,45,47)(H,46,52)(H2,48,49,53);5*1H. The summed E-state index contributed by atoms with van der Waals surface area (Å²) >= 11 is 0. The number of carbonyl (C=O) groups excluding carboxylic acids is 2. The predicted molar refractivity (Wildman–Crippen MR) is 247 cm³/mol.